The Kier molecular flexibility index (Phi) is 2.74. The summed E-state index contributed by atoms with van der Waals surface area (Å²) < 4.78 is 12.2. The molecule has 0 amide bonds. The summed E-state index contributed by atoms with van der Waals surface area (Å²) in [5.41, 5.74) is 1.32. The van der Waals surface area contributed by atoms with Gasteiger partial charge >= 0.3 is 0 Å². The van der Waals surface area contributed by atoms with Crippen molar-refractivity contribution in [3.63, 3.8) is 0 Å². The second kappa shape index (κ2) is 3.42. The highest BCUT2D eigenvalue weighted by atomic mass is 35.5. The molecule has 0 aromatic heterocycles. The van der Waals surface area contributed by atoms with Crippen LogP contribution in [0, 0.1) is 6.92 Å². The van der Waals surface area contributed by atoms with E-state index in [1.54, 1.807) is 12.1 Å². The first-order chi connectivity index (χ1) is 5.15. The topological polar surface area (TPSA) is 0 Å². The second-order valence-corrected chi connectivity index (χ2v) is 3.14. The van der Waals surface area contributed by atoms with E-state index in [9.17, 15) is 4.39 Å². The van der Waals surface area contributed by atoms with E-state index < -0.39 is 6.67 Å². The van der Waals surface area contributed by atoms with Gasteiger partial charge in [-0.2, -0.15) is 0 Å². The van der Waals surface area contributed by atoms with Crippen LogP contribution in [-0.2, 0) is 6.67 Å². The van der Waals surface area contributed by atoms with Gasteiger partial charge in [0.15, 0.2) is 0 Å². The standard InChI is InChI=1S/C8H7Cl2F/c1-5-2-8(10)6(4-11)3-7(5)9/h2-3H,4H2,1H3. The summed E-state index contributed by atoms with van der Waals surface area (Å²) in [5, 5.41) is 0.997. The van der Waals surface area contributed by atoms with Gasteiger partial charge in [-0.15, -0.1) is 0 Å². The lowest BCUT2D eigenvalue weighted by atomic mass is 10.2. The highest BCUT2D eigenvalue weighted by molar-refractivity contribution is 6.34. The van der Waals surface area contributed by atoms with E-state index in [1.807, 2.05) is 6.92 Å². The molecule has 3 heteroatoms. The summed E-state index contributed by atoms with van der Waals surface area (Å²) >= 11 is 11.4. The van der Waals surface area contributed by atoms with Crippen LogP contribution in [0.25, 0.3) is 0 Å². The summed E-state index contributed by atoms with van der Waals surface area (Å²) in [7, 11) is 0. The fraction of sp³-hybridized carbons (Fsp3) is 0.250. The monoisotopic (exact) mass is 192 g/mol. The van der Waals surface area contributed by atoms with E-state index in [-0.39, 0.29) is 0 Å². The van der Waals surface area contributed by atoms with Crippen molar-refractivity contribution >= 4 is 23.2 Å². The highest BCUT2D eigenvalue weighted by Crippen LogP contribution is 2.24. The maximum absolute atomic E-state index is 12.2. The summed E-state index contributed by atoms with van der Waals surface area (Å²) in [6, 6.07) is 3.22. The van der Waals surface area contributed by atoms with Crippen molar-refractivity contribution in [3.8, 4) is 0 Å². The third-order valence-corrected chi connectivity index (χ3v) is 2.23. The predicted molar refractivity (Wildman–Crippen MR) is 46.0 cm³/mol. The van der Waals surface area contributed by atoms with Crippen LogP contribution in [0.15, 0.2) is 12.1 Å². The summed E-state index contributed by atoms with van der Waals surface area (Å²) in [4.78, 5) is 0. The first kappa shape index (κ1) is 8.82. The SMILES string of the molecule is Cc1cc(Cl)c(CF)cc1Cl. The molecule has 0 fully saturated rings. The van der Waals surface area contributed by atoms with Crippen LogP contribution in [0.5, 0.6) is 0 Å². The lowest BCUT2D eigenvalue weighted by molar-refractivity contribution is 0.485. The van der Waals surface area contributed by atoms with E-state index in [0.717, 1.165) is 5.56 Å². The number of hydrogen-bond acceptors (Lipinski definition) is 0. The first-order valence-electron chi connectivity index (χ1n) is 3.15. The van der Waals surface area contributed by atoms with Crippen molar-refractivity contribution in [2.24, 2.45) is 0 Å². The normalized spacial score (nSPS) is 10.2. The van der Waals surface area contributed by atoms with E-state index >= 15 is 0 Å². The molecule has 60 valence electrons. The van der Waals surface area contributed by atoms with Crippen molar-refractivity contribution < 1.29 is 4.39 Å². The minimum atomic E-state index is -0.571. The Morgan fingerprint density at radius 2 is 1.91 bits per heavy atom. The third kappa shape index (κ3) is 1.85. The molecule has 0 unspecified atom stereocenters. The van der Waals surface area contributed by atoms with E-state index in [0.29, 0.717) is 15.6 Å². The van der Waals surface area contributed by atoms with Gasteiger partial charge in [0, 0.05) is 15.6 Å². The molecule has 0 atom stereocenters. The molecule has 0 nitrogen and oxygen atoms in total. The molecule has 0 radical (unpaired) electrons. The van der Waals surface area contributed by atoms with Crippen LogP contribution in [0.1, 0.15) is 11.1 Å². The molecule has 11 heavy (non-hydrogen) atoms. The number of alkyl halides is 1. The van der Waals surface area contributed by atoms with Crippen LogP contribution in [0.3, 0.4) is 0 Å². The lowest BCUT2D eigenvalue weighted by Crippen LogP contribution is -1.83. The average Bonchev–Trinajstić information content (AvgIpc) is 1.97. The molecule has 0 saturated carbocycles. The van der Waals surface area contributed by atoms with Gasteiger partial charge in [0.1, 0.15) is 6.67 Å². The molecule has 1 aromatic rings. The van der Waals surface area contributed by atoms with Crippen LogP contribution in [0.2, 0.25) is 10.0 Å². The number of rotatable bonds is 1. The third-order valence-electron chi connectivity index (χ3n) is 1.47. The number of aryl methyl sites for hydroxylation is 1. The quantitative estimate of drug-likeness (QED) is 0.636. The Hall–Kier alpha value is -0.270. The van der Waals surface area contributed by atoms with E-state index in [2.05, 4.69) is 0 Å². The Labute approximate surface area is 74.9 Å². The van der Waals surface area contributed by atoms with Crippen molar-refractivity contribution in [1.29, 1.82) is 0 Å². The van der Waals surface area contributed by atoms with Gasteiger partial charge in [-0.25, -0.2) is 4.39 Å². The van der Waals surface area contributed by atoms with Crippen molar-refractivity contribution in [2.45, 2.75) is 13.6 Å². The van der Waals surface area contributed by atoms with Crippen LogP contribution in [0.4, 0.5) is 4.39 Å². The lowest BCUT2D eigenvalue weighted by Gasteiger charge is -2.02. The van der Waals surface area contributed by atoms with Crippen LogP contribution < -0.4 is 0 Å². The summed E-state index contributed by atoms with van der Waals surface area (Å²) in [6.45, 7) is 1.26. The minimum absolute atomic E-state index is 0.439. The molecule has 0 aliphatic rings. The van der Waals surface area contributed by atoms with E-state index in [4.69, 9.17) is 23.2 Å². The fourth-order valence-electron chi connectivity index (χ4n) is 0.790. The highest BCUT2D eigenvalue weighted by Gasteiger charge is 2.03. The first-order valence-corrected chi connectivity index (χ1v) is 3.91. The molecule has 0 saturated heterocycles. The number of halogens is 3. The fourth-order valence-corrected chi connectivity index (χ4v) is 1.24. The molecule has 0 heterocycles. The van der Waals surface area contributed by atoms with Gasteiger partial charge in [0.05, 0.1) is 0 Å². The van der Waals surface area contributed by atoms with Crippen molar-refractivity contribution in [2.75, 3.05) is 0 Å². The molecule has 1 rings (SSSR count). The van der Waals surface area contributed by atoms with Crippen molar-refractivity contribution in [3.05, 3.63) is 33.3 Å². The van der Waals surface area contributed by atoms with Gasteiger partial charge in [0.2, 0.25) is 0 Å². The molecule has 0 aliphatic carbocycles. The largest absolute Gasteiger partial charge is 0.246 e. The number of benzene rings is 1. The van der Waals surface area contributed by atoms with Gasteiger partial charge < -0.3 is 0 Å². The summed E-state index contributed by atoms with van der Waals surface area (Å²) in [5.74, 6) is 0. The zero-order valence-electron chi connectivity index (χ0n) is 6.00. The van der Waals surface area contributed by atoms with Gasteiger partial charge in [-0.1, -0.05) is 23.2 Å². The summed E-state index contributed by atoms with van der Waals surface area (Å²) in [6.07, 6.45) is 0. The van der Waals surface area contributed by atoms with Crippen LogP contribution >= 0.6 is 23.2 Å². The maximum Gasteiger partial charge on any atom is 0.116 e. The smallest absolute Gasteiger partial charge is 0.116 e. The predicted octanol–water partition coefficient (Wildman–Crippen LogP) is 3.77. The van der Waals surface area contributed by atoms with Gasteiger partial charge in [-0.05, 0) is 24.6 Å². The Bertz CT molecular complexity index is 271. The van der Waals surface area contributed by atoms with E-state index in [1.165, 1.54) is 0 Å². The zero-order chi connectivity index (χ0) is 8.43. The molecule has 0 spiro atoms. The molecule has 1 aromatic carbocycles. The maximum atomic E-state index is 12.2. The molecular formula is C8H7Cl2F. The molecule has 0 bridgehead atoms. The average molecular weight is 193 g/mol. The minimum Gasteiger partial charge on any atom is -0.246 e. The van der Waals surface area contributed by atoms with Crippen LogP contribution in [-0.4, -0.2) is 0 Å². The Balaban J connectivity index is 3.21. The molecular weight excluding hydrogens is 186 g/mol. The molecule has 0 N–H and O–H groups in total. The Morgan fingerprint density at radius 3 is 2.45 bits per heavy atom. The van der Waals surface area contributed by atoms with Gasteiger partial charge in [0.25, 0.3) is 0 Å². The van der Waals surface area contributed by atoms with Crippen molar-refractivity contribution in [1.82, 2.24) is 0 Å². The Morgan fingerprint density at radius 1 is 1.27 bits per heavy atom. The molecule has 0 aliphatic heterocycles. The number of hydrogen-bond donors (Lipinski definition) is 0. The second-order valence-electron chi connectivity index (χ2n) is 2.33. The van der Waals surface area contributed by atoms with Gasteiger partial charge in [-0.3, -0.25) is 0 Å². The zero-order valence-corrected chi connectivity index (χ0v) is 7.51.